The molecule has 18 heavy (non-hydrogen) atoms. The number of rotatable bonds is 4. The normalized spacial score (nSPS) is 36.6. The molecule has 2 N–H and O–H groups in total. The first-order chi connectivity index (χ1) is 8.66. The Bertz CT molecular complexity index is 276. The first-order valence-corrected chi connectivity index (χ1v) is 7.69. The number of amides is 1. The van der Waals surface area contributed by atoms with Crippen LogP contribution in [-0.2, 0) is 4.79 Å². The summed E-state index contributed by atoms with van der Waals surface area (Å²) in [6.07, 6.45) is 8.26. The molecular weight excluding hydrogens is 224 g/mol. The largest absolute Gasteiger partial charge is 0.354 e. The summed E-state index contributed by atoms with van der Waals surface area (Å²) in [5.41, 5.74) is -0.262. The van der Waals surface area contributed by atoms with Crippen molar-refractivity contribution in [3.8, 4) is 0 Å². The second kappa shape index (κ2) is 6.05. The molecule has 2 fully saturated rings. The molecule has 1 heterocycles. The fourth-order valence-electron chi connectivity index (χ4n) is 3.40. The molecule has 1 saturated carbocycles. The summed E-state index contributed by atoms with van der Waals surface area (Å²) in [6, 6.07) is 0. The van der Waals surface area contributed by atoms with E-state index < -0.39 is 0 Å². The van der Waals surface area contributed by atoms with Gasteiger partial charge in [0.1, 0.15) is 0 Å². The van der Waals surface area contributed by atoms with Gasteiger partial charge in [-0.3, -0.25) is 4.79 Å². The fourth-order valence-corrected chi connectivity index (χ4v) is 3.40. The quantitative estimate of drug-likeness (QED) is 0.807. The van der Waals surface area contributed by atoms with Gasteiger partial charge >= 0.3 is 0 Å². The predicted octanol–water partition coefficient (Wildman–Crippen LogP) is 2.46. The Labute approximate surface area is 111 Å². The zero-order valence-electron chi connectivity index (χ0n) is 11.9. The van der Waals surface area contributed by atoms with Gasteiger partial charge in [0.25, 0.3) is 0 Å². The molecule has 3 nitrogen and oxygen atoms in total. The van der Waals surface area contributed by atoms with Crippen LogP contribution in [0.2, 0.25) is 0 Å². The van der Waals surface area contributed by atoms with Crippen molar-refractivity contribution in [2.75, 3.05) is 13.1 Å². The van der Waals surface area contributed by atoms with Gasteiger partial charge in [-0.25, -0.2) is 0 Å². The average molecular weight is 252 g/mol. The fraction of sp³-hybridized carbons (Fsp3) is 0.933. The summed E-state index contributed by atoms with van der Waals surface area (Å²) >= 11 is 0. The van der Waals surface area contributed by atoms with E-state index in [-0.39, 0.29) is 11.4 Å². The maximum atomic E-state index is 12.3. The molecule has 0 radical (unpaired) electrons. The number of hydrogen-bond donors (Lipinski definition) is 2. The van der Waals surface area contributed by atoms with Crippen molar-refractivity contribution >= 4 is 5.91 Å². The molecule has 1 atom stereocenters. The van der Waals surface area contributed by atoms with Gasteiger partial charge in [0.15, 0.2) is 0 Å². The zero-order chi connectivity index (χ0) is 13.0. The molecule has 0 aromatic carbocycles. The lowest BCUT2D eigenvalue weighted by Gasteiger charge is -2.30. The van der Waals surface area contributed by atoms with Crippen LogP contribution in [-0.4, -0.2) is 24.5 Å². The molecule has 2 rings (SSSR count). The molecule has 1 unspecified atom stereocenters. The highest BCUT2D eigenvalue weighted by atomic mass is 16.2. The summed E-state index contributed by atoms with van der Waals surface area (Å²) in [5.74, 6) is 1.83. The van der Waals surface area contributed by atoms with Crippen molar-refractivity contribution in [1.29, 1.82) is 0 Å². The summed E-state index contributed by atoms with van der Waals surface area (Å²) < 4.78 is 0. The van der Waals surface area contributed by atoms with Crippen LogP contribution < -0.4 is 10.6 Å². The molecule has 0 spiro atoms. The van der Waals surface area contributed by atoms with Gasteiger partial charge in [0.05, 0.1) is 5.54 Å². The SMILES string of the molecule is CCC1(C(=O)NCC2CCC(C)CC2)CCCN1. The van der Waals surface area contributed by atoms with E-state index in [1.807, 2.05) is 0 Å². The van der Waals surface area contributed by atoms with Crippen LogP contribution >= 0.6 is 0 Å². The second-order valence-electron chi connectivity index (χ2n) is 6.30. The minimum Gasteiger partial charge on any atom is -0.354 e. The Hall–Kier alpha value is -0.570. The lowest BCUT2D eigenvalue weighted by molar-refractivity contribution is -0.127. The molecule has 0 aromatic heterocycles. The second-order valence-corrected chi connectivity index (χ2v) is 6.30. The number of carbonyl (C=O) groups is 1. The Kier molecular flexibility index (Phi) is 4.66. The van der Waals surface area contributed by atoms with Gasteiger partial charge in [-0.2, -0.15) is 0 Å². The molecule has 1 aliphatic heterocycles. The van der Waals surface area contributed by atoms with Crippen LogP contribution in [0.1, 0.15) is 58.8 Å². The van der Waals surface area contributed by atoms with E-state index in [0.717, 1.165) is 38.3 Å². The molecule has 0 aromatic rings. The Morgan fingerprint density at radius 1 is 1.33 bits per heavy atom. The van der Waals surface area contributed by atoms with E-state index in [4.69, 9.17) is 0 Å². The van der Waals surface area contributed by atoms with Crippen LogP contribution in [0.5, 0.6) is 0 Å². The van der Waals surface area contributed by atoms with E-state index >= 15 is 0 Å². The first kappa shape index (κ1) is 13.9. The van der Waals surface area contributed by atoms with E-state index in [2.05, 4.69) is 24.5 Å². The van der Waals surface area contributed by atoms with E-state index in [0.29, 0.717) is 5.92 Å². The Morgan fingerprint density at radius 2 is 2.06 bits per heavy atom. The summed E-state index contributed by atoms with van der Waals surface area (Å²) in [4.78, 5) is 12.3. The van der Waals surface area contributed by atoms with Gasteiger partial charge in [-0.05, 0) is 50.5 Å². The van der Waals surface area contributed by atoms with Crippen molar-refractivity contribution < 1.29 is 4.79 Å². The highest BCUT2D eigenvalue weighted by Crippen LogP contribution is 2.28. The predicted molar refractivity (Wildman–Crippen MR) is 74.4 cm³/mol. The highest BCUT2D eigenvalue weighted by Gasteiger charge is 2.39. The maximum Gasteiger partial charge on any atom is 0.240 e. The van der Waals surface area contributed by atoms with Crippen molar-refractivity contribution in [2.24, 2.45) is 11.8 Å². The third-order valence-corrected chi connectivity index (χ3v) is 4.97. The number of hydrogen-bond acceptors (Lipinski definition) is 2. The minimum atomic E-state index is -0.262. The van der Waals surface area contributed by atoms with E-state index in [1.54, 1.807) is 0 Å². The Balaban J connectivity index is 1.77. The van der Waals surface area contributed by atoms with E-state index in [1.165, 1.54) is 25.7 Å². The van der Waals surface area contributed by atoms with Crippen LogP contribution in [0.25, 0.3) is 0 Å². The van der Waals surface area contributed by atoms with Crippen molar-refractivity contribution in [2.45, 2.75) is 64.3 Å². The first-order valence-electron chi connectivity index (χ1n) is 7.69. The lowest BCUT2D eigenvalue weighted by atomic mass is 9.83. The Morgan fingerprint density at radius 3 is 2.61 bits per heavy atom. The molecule has 1 saturated heterocycles. The third-order valence-electron chi connectivity index (χ3n) is 4.97. The lowest BCUT2D eigenvalue weighted by Crippen LogP contribution is -2.53. The van der Waals surface area contributed by atoms with Crippen LogP contribution in [0.15, 0.2) is 0 Å². The van der Waals surface area contributed by atoms with Gasteiger partial charge < -0.3 is 10.6 Å². The van der Waals surface area contributed by atoms with Crippen molar-refractivity contribution in [3.05, 3.63) is 0 Å². The molecule has 1 aliphatic carbocycles. The third kappa shape index (κ3) is 3.05. The van der Waals surface area contributed by atoms with Crippen molar-refractivity contribution in [1.82, 2.24) is 10.6 Å². The van der Waals surface area contributed by atoms with Gasteiger partial charge in [0.2, 0.25) is 5.91 Å². The molecule has 3 heteroatoms. The van der Waals surface area contributed by atoms with Crippen molar-refractivity contribution in [3.63, 3.8) is 0 Å². The highest BCUT2D eigenvalue weighted by molar-refractivity contribution is 5.86. The summed E-state index contributed by atoms with van der Waals surface area (Å²) in [7, 11) is 0. The van der Waals surface area contributed by atoms with Gasteiger partial charge in [0, 0.05) is 6.54 Å². The van der Waals surface area contributed by atoms with Crippen LogP contribution in [0, 0.1) is 11.8 Å². The zero-order valence-corrected chi connectivity index (χ0v) is 11.9. The summed E-state index contributed by atoms with van der Waals surface area (Å²) in [5, 5.41) is 6.60. The van der Waals surface area contributed by atoms with E-state index in [9.17, 15) is 4.79 Å². The topological polar surface area (TPSA) is 41.1 Å². The number of carbonyl (C=O) groups excluding carboxylic acids is 1. The van der Waals surface area contributed by atoms with Crippen LogP contribution in [0.4, 0.5) is 0 Å². The molecule has 0 bridgehead atoms. The van der Waals surface area contributed by atoms with Gasteiger partial charge in [-0.15, -0.1) is 0 Å². The smallest absolute Gasteiger partial charge is 0.240 e. The van der Waals surface area contributed by atoms with Crippen LogP contribution in [0.3, 0.4) is 0 Å². The molecule has 2 aliphatic rings. The summed E-state index contributed by atoms with van der Waals surface area (Å²) in [6.45, 7) is 6.32. The molecular formula is C15H28N2O. The van der Waals surface area contributed by atoms with Gasteiger partial charge in [-0.1, -0.05) is 26.7 Å². The average Bonchev–Trinajstić information content (AvgIpc) is 2.88. The number of nitrogens with one attached hydrogen (secondary N) is 2. The minimum absolute atomic E-state index is 0.237. The monoisotopic (exact) mass is 252 g/mol. The maximum absolute atomic E-state index is 12.3. The molecule has 104 valence electrons. The standard InChI is InChI=1S/C15H28N2O/c1-3-15(9-4-10-17-15)14(18)16-11-13-7-5-12(2)6-8-13/h12-13,17H,3-11H2,1-2H3,(H,16,18). The molecule has 1 amide bonds.